The minimum atomic E-state index is -0.419. The molecule has 0 amide bonds. The van der Waals surface area contributed by atoms with Crippen molar-refractivity contribution in [3.05, 3.63) is 47.4 Å². The van der Waals surface area contributed by atoms with E-state index >= 15 is 0 Å². The summed E-state index contributed by atoms with van der Waals surface area (Å²) < 4.78 is 1.68. The van der Waals surface area contributed by atoms with Gasteiger partial charge in [0.15, 0.2) is 0 Å². The van der Waals surface area contributed by atoms with Crippen LogP contribution in [0.5, 0.6) is 0 Å². The van der Waals surface area contributed by atoms with E-state index in [0.717, 1.165) is 25.7 Å². The van der Waals surface area contributed by atoms with Gasteiger partial charge in [-0.2, -0.15) is 0 Å². The average Bonchev–Trinajstić information content (AvgIpc) is 2.97. The van der Waals surface area contributed by atoms with Crippen molar-refractivity contribution in [2.75, 3.05) is 0 Å². The molecule has 1 rings (SSSR count). The van der Waals surface area contributed by atoms with Gasteiger partial charge >= 0.3 is 52.9 Å². The summed E-state index contributed by atoms with van der Waals surface area (Å²) in [7, 11) is 0. The Balaban J connectivity index is 0. The molecule has 1 aliphatic rings. The first kappa shape index (κ1) is 22.9. The summed E-state index contributed by atoms with van der Waals surface area (Å²) in [5.41, 5.74) is 0. The van der Waals surface area contributed by atoms with E-state index in [-0.39, 0.29) is 0 Å². The van der Waals surface area contributed by atoms with Gasteiger partial charge in [0.25, 0.3) is 0 Å². The van der Waals surface area contributed by atoms with Crippen molar-refractivity contribution < 1.29 is 29.4 Å². The summed E-state index contributed by atoms with van der Waals surface area (Å²) in [5, 5.41) is 22.8. The van der Waals surface area contributed by atoms with Gasteiger partial charge in [0.05, 0.1) is 0 Å². The monoisotopic (exact) mass is 326 g/mol. The molecule has 0 radical (unpaired) electrons. The van der Waals surface area contributed by atoms with E-state index < -0.39 is 12.2 Å². The minimum absolute atomic E-state index is 0.292. The predicted molar refractivity (Wildman–Crippen MR) is 85.5 cm³/mol. The van der Waals surface area contributed by atoms with Gasteiger partial charge in [-0.15, -0.1) is 25.4 Å². The van der Waals surface area contributed by atoms with Gasteiger partial charge in [-0.1, -0.05) is 38.8 Å². The Bertz CT molecular complexity index is 288. The second-order valence-corrected chi connectivity index (χ2v) is 6.71. The fourth-order valence-corrected chi connectivity index (χ4v) is 2.25. The van der Waals surface area contributed by atoms with E-state index in [1.54, 1.807) is 29.9 Å². The number of hydrogen-bond acceptors (Lipinski definition) is 2. The molecule has 2 nitrogen and oxygen atoms in total. The first-order valence-electron chi connectivity index (χ1n) is 7.54. The third kappa shape index (κ3) is 22.0. The van der Waals surface area contributed by atoms with Gasteiger partial charge in [0, 0.05) is 0 Å². The average molecular weight is 326 g/mol. The molecule has 2 unspecified atom stereocenters. The van der Waals surface area contributed by atoms with E-state index in [1.807, 2.05) is 0 Å². The van der Waals surface area contributed by atoms with E-state index in [4.69, 9.17) is 0 Å². The molecule has 21 heavy (non-hydrogen) atoms. The van der Waals surface area contributed by atoms with Crippen LogP contribution >= 0.6 is 0 Å². The first-order valence-corrected chi connectivity index (χ1v) is 9.89. The van der Waals surface area contributed by atoms with E-state index in [2.05, 4.69) is 36.6 Å². The van der Waals surface area contributed by atoms with Crippen LogP contribution in [0.25, 0.3) is 0 Å². The van der Waals surface area contributed by atoms with Crippen LogP contribution in [0.4, 0.5) is 0 Å². The molecule has 0 aromatic carbocycles. The summed E-state index contributed by atoms with van der Waals surface area (Å²) >= 11 is 0.292. The van der Waals surface area contributed by atoms with Gasteiger partial charge in [-0.25, -0.2) is 0 Å². The second kappa shape index (κ2) is 17.6. The van der Waals surface area contributed by atoms with Crippen molar-refractivity contribution in [2.45, 2.75) is 63.4 Å². The van der Waals surface area contributed by atoms with Gasteiger partial charge < -0.3 is 10.2 Å². The number of allylic oxidation sites excluding steroid dienone is 6. The van der Waals surface area contributed by atoms with Crippen molar-refractivity contribution in [3.8, 4) is 0 Å². The SMILES string of the molecule is C=CCCC(C)[O-].C=CCCC(C)[O-].[CH3][Ti+2][C]1=CC=CC1. The standard InChI is InChI=1S/2C6H11O.C5H5.CH3.Ti/c2*1-3-4-5-6(2)7;1-2-4-5-3-1;;/h2*3,6H,1,4-5H2,2H3;1-3H,4H2;1H3;/q2*-1;;;+2. The quantitative estimate of drug-likeness (QED) is 0.532. The summed E-state index contributed by atoms with van der Waals surface area (Å²) in [6.07, 6.45) is 13.7. The van der Waals surface area contributed by atoms with Gasteiger partial charge in [0.2, 0.25) is 0 Å². The molecule has 0 bridgehead atoms. The van der Waals surface area contributed by atoms with Crippen LogP contribution in [0.3, 0.4) is 0 Å². The predicted octanol–water partition coefficient (Wildman–Crippen LogP) is 3.36. The summed E-state index contributed by atoms with van der Waals surface area (Å²) in [6.45, 7) is 10.3. The van der Waals surface area contributed by atoms with Crippen molar-refractivity contribution in [1.82, 2.24) is 0 Å². The summed E-state index contributed by atoms with van der Waals surface area (Å²) in [6, 6.07) is 0. The van der Waals surface area contributed by atoms with Crippen molar-refractivity contribution in [3.63, 3.8) is 0 Å². The zero-order chi connectivity index (χ0) is 16.5. The van der Waals surface area contributed by atoms with Crippen LogP contribution in [-0.2, 0) is 19.2 Å². The maximum atomic E-state index is 10.2. The Morgan fingerprint density at radius 1 is 1.14 bits per heavy atom. The molecule has 1 aliphatic carbocycles. The Hall–Kier alpha value is -0.406. The molecule has 0 heterocycles. The molecule has 3 heteroatoms. The Morgan fingerprint density at radius 3 is 1.76 bits per heavy atom. The third-order valence-electron chi connectivity index (χ3n) is 2.65. The number of rotatable bonds is 7. The van der Waals surface area contributed by atoms with Crippen LogP contribution in [0, 0.1) is 0 Å². The molecule has 0 saturated heterocycles. The molecule has 0 fully saturated rings. The van der Waals surface area contributed by atoms with E-state index in [9.17, 15) is 10.2 Å². The zero-order valence-electron chi connectivity index (χ0n) is 13.8. The van der Waals surface area contributed by atoms with Crippen molar-refractivity contribution in [2.24, 2.45) is 0 Å². The third-order valence-corrected chi connectivity index (χ3v) is 4.23. The van der Waals surface area contributed by atoms with Crippen LogP contribution in [0.1, 0.15) is 46.0 Å². The Labute approximate surface area is 140 Å². The van der Waals surface area contributed by atoms with E-state index in [0.29, 0.717) is 19.2 Å². The topological polar surface area (TPSA) is 46.1 Å². The van der Waals surface area contributed by atoms with Gasteiger partial charge in [-0.3, -0.25) is 0 Å². The molecule has 0 saturated carbocycles. The fourth-order valence-electron chi connectivity index (χ4n) is 1.34. The van der Waals surface area contributed by atoms with Crippen LogP contribution < -0.4 is 10.2 Å². The van der Waals surface area contributed by atoms with Crippen LogP contribution in [0.15, 0.2) is 47.4 Å². The van der Waals surface area contributed by atoms with Crippen LogP contribution in [0.2, 0.25) is 5.23 Å². The molecule has 0 N–H and O–H groups in total. The fraction of sp³-hybridized carbons (Fsp3) is 0.556. The summed E-state index contributed by atoms with van der Waals surface area (Å²) in [4.78, 5) is 0. The van der Waals surface area contributed by atoms with Gasteiger partial charge in [0.1, 0.15) is 0 Å². The Morgan fingerprint density at radius 2 is 1.62 bits per heavy atom. The second-order valence-electron chi connectivity index (χ2n) is 4.93. The molecule has 0 aromatic heterocycles. The molecule has 0 aliphatic heterocycles. The molecule has 0 spiro atoms. The molecular weight excluding hydrogens is 296 g/mol. The first-order chi connectivity index (χ1) is 9.97. The summed E-state index contributed by atoms with van der Waals surface area (Å²) in [5.74, 6) is 0. The zero-order valence-corrected chi connectivity index (χ0v) is 15.4. The van der Waals surface area contributed by atoms with Crippen molar-refractivity contribution in [1.29, 1.82) is 0 Å². The van der Waals surface area contributed by atoms with Gasteiger partial charge in [-0.05, 0) is 12.8 Å². The maximum absolute atomic E-state index is 10.2. The van der Waals surface area contributed by atoms with Crippen molar-refractivity contribution >= 4 is 0 Å². The normalized spacial score (nSPS) is 14.4. The molecule has 118 valence electrons. The molecule has 2 atom stereocenters. The van der Waals surface area contributed by atoms with Crippen LogP contribution in [-0.4, -0.2) is 12.2 Å². The Kier molecular flexibility index (Phi) is 19.2. The molecular formula is C18H30O2Ti. The number of hydrogen-bond donors (Lipinski definition) is 0. The molecule has 0 aromatic rings. The van der Waals surface area contributed by atoms with E-state index in [1.165, 1.54) is 6.42 Å².